The van der Waals surface area contributed by atoms with Crippen molar-refractivity contribution >= 4 is 58.9 Å². The summed E-state index contributed by atoms with van der Waals surface area (Å²) in [5.74, 6) is 1.51. The molecule has 304 valence electrons. The van der Waals surface area contributed by atoms with E-state index in [0.29, 0.717) is 50.6 Å². The summed E-state index contributed by atoms with van der Waals surface area (Å²) in [6.45, 7) is 11.2. The Morgan fingerprint density at radius 3 is 1.40 bits per heavy atom. The number of sulfone groups is 2. The molecule has 0 amide bonds. The maximum Gasteiger partial charge on any atom is 0.200 e. The zero-order valence-electron chi connectivity index (χ0n) is 33.6. The molecular weight excluding hydrogens is 777 g/mol. The highest BCUT2D eigenvalue weighted by Gasteiger charge is 2.33. The molecule has 6 aromatic rings. The van der Waals surface area contributed by atoms with Crippen molar-refractivity contribution in [2.45, 2.75) is 63.7 Å². The molecule has 13 nitrogen and oxygen atoms in total. The molecule has 8 rings (SSSR count). The van der Waals surface area contributed by atoms with E-state index in [1.54, 1.807) is 12.1 Å². The summed E-state index contributed by atoms with van der Waals surface area (Å²) in [6.07, 6.45) is 2.21. The number of imidazole rings is 2. The lowest BCUT2D eigenvalue weighted by Gasteiger charge is -2.33. The molecule has 0 spiro atoms. The predicted octanol–water partition coefficient (Wildman–Crippen LogP) is 6.53. The first-order chi connectivity index (χ1) is 27.6. The van der Waals surface area contributed by atoms with Gasteiger partial charge in [-0.3, -0.25) is 4.79 Å². The monoisotopic (exact) mass is 824 g/mol. The molecule has 2 aromatic heterocycles. The Kier molecular flexibility index (Phi) is 10.2. The fourth-order valence-electron chi connectivity index (χ4n) is 7.70. The molecule has 0 saturated heterocycles. The molecule has 0 N–H and O–H groups in total. The summed E-state index contributed by atoms with van der Waals surface area (Å²) in [4.78, 5) is 29.0. The van der Waals surface area contributed by atoms with Gasteiger partial charge in [0.1, 0.15) is 11.6 Å². The number of para-hydroxylation sites is 4. The summed E-state index contributed by atoms with van der Waals surface area (Å²) in [6, 6.07) is 21.6. The van der Waals surface area contributed by atoms with Gasteiger partial charge in [0.05, 0.1) is 80.7 Å². The first-order valence-electron chi connectivity index (χ1n) is 19.5. The van der Waals surface area contributed by atoms with E-state index in [-0.39, 0.29) is 57.5 Å². The van der Waals surface area contributed by atoms with Crippen molar-refractivity contribution in [3.63, 3.8) is 0 Å². The lowest BCUT2D eigenvalue weighted by molar-refractivity contribution is 0.102. The first-order valence-corrected chi connectivity index (χ1v) is 23.3. The Morgan fingerprint density at radius 2 is 1.02 bits per heavy atom. The van der Waals surface area contributed by atoms with Crippen molar-refractivity contribution in [3.05, 3.63) is 95.6 Å². The van der Waals surface area contributed by atoms with E-state index in [2.05, 4.69) is 9.13 Å². The van der Waals surface area contributed by atoms with Crippen LogP contribution in [0.25, 0.3) is 22.1 Å². The summed E-state index contributed by atoms with van der Waals surface area (Å²) >= 11 is 0. The molecular formula is C43H48N6O7S2. The third kappa shape index (κ3) is 7.52. The first kappa shape index (κ1) is 39.4. The number of hydrogen-bond donors (Lipinski definition) is 0. The number of hydrogen-bond acceptors (Lipinski definition) is 11. The van der Waals surface area contributed by atoms with Gasteiger partial charge in [0.15, 0.2) is 31.2 Å². The molecule has 2 aliphatic rings. The number of carbonyl (C=O) groups is 1. The number of ketones is 1. The molecule has 0 radical (unpaired) electrons. The smallest absolute Gasteiger partial charge is 0.200 e. The van der Waals surface area contributed by atoms with Gasteiger partial charge in [0.25, 0.3) is 0 Å². The van der Waals surface area contributed by atoms with Crippen LogP contribution in [0.4, 0.5) is 11.4 Å². The van der Waals surface area contributed by atoms with E-state index < -0.39 is 25.5 Å². The van der Waals surface area contributed by atoms with Crippen LogP contribution in [0, 0.1) is 11.8 Å². The molecule has 0 unspecified atom stereocenters. The third-order valence-electron chi connectivity index (χ3n) is 10.6. The number of anilines is 2. The fraction of sp³-hybridized carbons (Fsp3) is 0.372. The number of rotatable bonds is 12. The number of benzene rings is 4. The predicted molar refractivity (Wildman–Crippen MR) is 225 cm³/mol. The third-order valence-corrected chi connectivity index (χ3v) is 12.7. The Labute approximate surface area is 339 Å². The normalized spacial score (nSPS) is 14.7. The molecule has 58 heavy (non-hydrogen) atoms. The van der Waals surface area contributed by atoms with Crippen LogP contribution in [0.15, 0.2) is 82.6 Å². The van der Waals surface area contributed by atoms with Crippen LogP contribution in [-0.4, -0.2) is 80.5 Å². The summed E-state index contributed by atoms with van der Waals surface area (Å²) in [5, 5.41) is 0. The van der Waals surface area contributed by atoms with Gasteiger partial charge in [-0.15, -0.1) is 0 Å². The van der Waals surface area contributed by atoms with Gasteiger partial charge in [0, 0.05) is 38.7 Å². The van der Waals surface area contributed by atoms with Crippen molar-refractivity contribution < 1.29 is 31.1 Å². The standard InChI is InChI=1S/C43H48N6O7S2/c1-27(2)25-55-42-31(19-29(57(5,51)52)21-37(42)46-15-17-48-35-13-9-7-11-33(35)44-39(48)23-46)41(50)32-20-30(58(6,53)54)22-38(43(32)56-26-28(3)4)47-16-18-49-36-14-10-8-12-34(36)45-40(49)24-47/h7-14,19-22,27-28H,15-18,23-26H2,1-6H3. The van der Waals surface area contributed by atoms with Crippen molar-refractivity contribution in [2.24, 2.45) is 11.8 Å². The van der Waals surface area contributed by atoms with Gasteiger partial charge >= 0.3 is 0 Å². The Bertz CT molecular complexity index is 2620. The Morgan fingerprint density at radius 1 is 0.621 bits per heavy atom. The van der Waals surface area contributed by atoms with E-state index >= 15 is 4.79 Å². The van der Waals surface area contributed by atoms with E-state index in [9.17, 15) is 16.8 Å². The van der Waals surface area contributed by atoms with Gasteiger partial charge in [-0.05, 0) is 60.4 Å². The number of nitrogens with zero attached hydrogens (tertiary/aromatic N) is 6. The largest absolute Gasteiger partial charge is 0.490 e. The lowest BCUT2D eigenvalue weighted by atomic mass is 9.98. The Balaban J connectivity index is 1.31. The summed E-state index contributed by atoms with van der Waals surface area (Å²) in [5.41, 5.74) is 4.59. The van der Waals surface area contributed by atoms with Crippen LogP contribution in [-0.2, 0) is 45.9 Å². The highest BCUT2D eigenvalue weighted by atomic mass is 32.2. The zero-order valence-corrected chi connectivity index (χ0v) is 35.2. The molecule has 0 fully saturated rings. The highest BCUT2D eigenvalue weighted by Crippen LogP contribution is 2.43. The van der Waals surface area contributed by atoms with Crippen molar-refractivity contribution in [1.29, 1.82) is 0 Å². The second-order valence-corrected chi connectivity index (χ2v) is 20.1. The average Bonchev–Trinajstić information content (AvgIpc) is 3.75. The summed E-state index contributed by atoms with van der Waals surface area (Å²) in [7, 11) is -7.72. The Hall–Kier alpha value is -5.41. The highest BCUT2D eigenvalue weighted by molar-refractivity contribution is 7.91. The topological polar surface area (TPSA) is 146 Å². The lowest BCUT2D eigenvalue weighted by Crippen LogP contribution is -2.35. The SMILES string of the molecule is CC(C)COc1c(C(=O)c2cc(S(C)(=O)=O)cc(N3CCn4c(nc5ccccc54)C3)c2OCC(C)C)cc(S(C)(=O)=O)cc1N1CCn2c(nc3ccccc32)C1. The van der Waals surface area contributed by atoms with Crippen LogP contribution in [0.3, 0.4) is 0 Å². The minimum absolute atomic E-state index is 0.0101. The molecule has 4 aromatic carbocycles. The molecule has 0 aliphatic carbocycles. The number of fused-ring (bicyclic) bond motifs is 6. The van der Waals surface area contributed by atoms with E-state index in [0.717, 1.165) is 46.2 Å². The molecule has 0 saturated carbocycles. The van der Waals surface area contributed by atoms with Crippen LogP contribution in [0.2, 0.25) is 0 Å². The number of ether oxygens (including phenoxy) is 2. The molecule has 4 heterocycles. The maximum absolute atomic E-state index is 15.4. The van der Waals surface area contributed by atoms with Crippen LogP contribution < -0.4 is 19.3 Å². The number of carbonyl (C=O) groups excluding carboxylic acids is 1. The average molecular weight is 825 g/mol. The molecule has 2 aliphatic heterocycles. The van der Waals surface area contributed by atoms with Crippen LogP contribution >= 0.6 is 0 Å². The second kappa shape index (κ2) is 15.1. The van der Waals surface area contributed by atoms with Crippen molar-refractivity contribution in [1.82, 2.24) is 19.1 Å². The van der Waals surface area contributed by atoms with Gasteiger partial charge in [0.2, 0.25) is 5.78 Å². The molecule has 15 heteroatoms. The van der Waals surface area contributed by atoms with Gasteiger partial charge < -0.3 is 28.4 Å². The van der Waals surface area contributed by atoms with Gasteiger partial charge in [-0.1, -0.05) is 52.0 Å². The van der Waals surface area contributed by atoms with Crippen LogP contribution in [0.1, 0.15) is 55.3 Å². The maximum atomic E-state index is 15.4. The van der Waals surface area contributed by atoms with E-state index in [1.807, 2.05) is 86.0 Å². The minimum atomic E-state index is -3.86. The van der Waals surface area contributed by atoms with E-state index in [1.165, 1.54) is 12.1 Å². The molecule has 0 bridgehead atoms. The van der Waals surface area contributed by atoms with Gasteiger partial charge in [-0.2, -0.15) is 0 Å². The fourth-order valence-corrected chi connectivity index (χ4v) is 9.02. The number of aromatic nitrogens is 4. The second-order valence-electron chi connectivity index (χ2n) is 16.1. The van der Waals surface area contributed by atoms with Crippen molar-refractivity contribution in [2.75, 3.05) is 48.6 Å². The van der Waals surface area contributed by atoms with Crippen molar-refractivity contribution in [3.8, 4) is 11.5 Å². The summed E-state index contributed by atoms with van der Waals surface area (Å²) < 4.78 is 71.0. The van der Waals surface area contributed by atoms with Gasteiger partial charge in [-0.25, -0.2) is 26.8 Å². The molecule has 0 atom stereocenters. The van der Waals surface area contributed by atoms with E-state index in [4.69, 9.17) is 19.4 Å². The quantitative estimate of drug-likeness (QED) is 0.124. The zero-order chi connectivity index (χ0) is 41.1. The minimum Gasteiger partial charge on any atom is -0.490 e. The van der Waals surface area contributed by atoms with Crippen LogP contribution in [0.5, 0.6) is 11.5 Å².